The summed E-state index contributed by atoms with van der Waals surface area (Å²) >= 11 is 0. The number of likely N-dealkylation sites (N-methyl/N-ethyl adjacent to an activating group) is 1. The van der Waals surface area contributed by atoms with E-state index in [1.807, 2.05) is 0 Å². The second-order valence-electron chi connectivity index (χ2n) is 3.05. The Kier molecular flexibility index (Phi) is 2.46. The Morgan fingerprint density at radius 2 is 2.27 bits per heavy atom. The van der Waals surface area contributed by atoms with E-state index in [4.69, 9.17) is 0 Å². The van der Waals surface area contributed by atoms with Gasteiger partial charge in [-0.3, -0.25) is 4.79 Å². The lowest BCUT2D eigenvalue weighted by Gasteiger charge is -2.20. The van der Waals surface area contributed by atoms with Crippen molar-refractivity contribution in [3.8, 4) is 0 Å². The van der Waals surface area contributed by atoms with Crippen LogP contribution in [-0.4, -0.2) is 47.8 Å². The topological polar surface area (TPSA) is 43.8 Å². The third-order valence-corrected chi connectivity index (χ3v) is 1.95. The highest BCUT2D eigenvalue weighted by Gasteiger charge is 2.30. The molecule has 1 fully saturated rings. The smallest absolute Gasteiger partial charge is 0.241 e. The van der Waals surface area contributed by atoms with Gasteiger partial charge in [-0.15, -0.1) is 0 Å². The van der Waals surface area contributed by atoms with E-state index < -0.39 is 0 Å². The van der Waals surface area contributed by atoms with Crippen molar-refractivity contribution >= 4 is 5.91 Å². The van der Waals surface area contributed by atoms with Gasteiger partial charge in [0.05, 0.1) is 0 Å². The zero-order chi connectivity index (χ0) is 8.43. The molecule has 0 spiro atoms. The predicted octanol–water partition coefficient (Wildman–Crippen LogP) is -0.0718. The molecule has 1 atom stereocenters. The summed E-state index contributed by atoms with van der Waals surface area (Å²) in [4.78, 5) is 12.8. The van der Waals surface area contributed by atoms with Crippen LogP contribution in [0.3, 0.4) is 0 Å². The summed E-state index contributed by atoms with van der Waals surface area (Å²) in [6, 6.07) is -0.301. The van der Waals surface area contributed by atoms with Crippen LogP contribution in [-0.2, 0) is 4.79 Å². The summed E-state index contributed by atoms with van der Waals surface area (Å²) < 4.78 is 0. The van der Waals surface area contributed by atoms with Crippen molar-refractivity contribution in [1.82, 2.24) is 9.96 Å². The van der Waals surface area contributed by atoms with Gasteiger partial charge in [-0.1, -0.05) is 0 Å². The maximum absolute atomic E-state index is 11.3. The zero-order valence-electron chi connectivity index (χ0n) is 6.95. The normalized spacial score (nSPS) is 25.5. The van der Waals surface area contributed by atoms with Crippen LogP contribution in [0.15, 0.2) is 0 Å². The summed E-state index contributed by atoms with van der Waals surface area (Å²) in [5, 5.41) is 10.3. The molecule has 1 N–H and O–H groups in total. The van der Waals surface area contributed by atoms with Crippen molar-refractivity contribution in [2.45, 2.75) is 18.9 Å². The molecule has 0 aliphatic carbocycles. The van der Waals surface area contributed by atoms with Crippen molar-refractivity contribution < 1.29 is 10.0 Å². The molecule has 4 nitrogen and oxygen atoms in total. The fourth-order valence-corrected chi connectivity index (χ4v) is 1.30. The average Bonchev–Trinajstić information content (AvgIpc) is 2.33. The van der Waals surface area contributed by atoms with E-state index in [1.54, 1.807) is 14.1 Å². The zero-order valence-corrected chi connectivity index (χ0v) is 6.95. The number of hydrogen-bond donors (Lipinski definition) is 1. The van der Waals surface area contributed by atoms with Crippen LogP contribution < -0.4 is 0 Å². The van der Waals surface area contributed by atoms with E-state index >= 15 is 0 Å². The molecule has 64 valence electrons. The molecule has 0 aromatic carbocycles. The highest BCUT2D eigenvalue weighted by atomic mass is 16.5. The number of carbonyl (C=O) groups excluding carboxylic acids is 1. The highest BCUT2D eigenvalue weighted by Crippen LogP contribution is 2.15. The number of carbonyl (C=O) groups is 1. The summed E-state index contributed by atoms with van der Waals surface area (Å²) in [7, 11) is 3.41. The van der Waals surface area contributed by atoms with Crippen LogP contribution in [0.5, 0.6) is 0 Å². The maximum Gasteiger partial charge on any atom is 0.241 e. The van der Waals surface area contributed by atoms with Gasteiger partial charge in [0.25, 0.3) is 0 Å². The molecule has 0 saturated carbocycles. The van der Waals surface area contributed by atoms with Gasteiger partial charge in [0, 0.05) is 20.6 Å². The van der Waals surface area contributed by atoms with Crippen LogP contribution in [0.4, 0.5) is 0 Å². The molecule has 1 rings (SSSR count). The minimum atomic E-state index is -0.301. The molecule has 1 saturated heterocycles. The van der Waals surface area contributed by atoms with Crippen LogP contribution in [0.1, 0.15) is 12.8 Å². The lowest BCUT2D eigenvalue weighted by molar-refractivity contribution is -0.152. The molecule has 1 aliphatic rings. The number of nitrogens with zero attached hydrogens (tertiary/aromatic N) is 2. The van der Waals surface area contributed by atoms with Gasteiger partial charge in [0.1, 0.15) is 6.04 Å². The van der Waals surface area contributed by atoms with E-state index in [1.165, 1.54) is 4.90 Å². The van der Waals surface area contributed by atoms with E-state index in [-0.39, 0.29) is 11.9 Å². The highest BCUT2D eigenvalue weighted by molar-refractivity contribution is 5.81. The van der Waals surface area contributed by atoms with E-state index in [2.05, 4.69) is 0 Å². The van der Waals surface area contributed by atoms with Crippen molar-refractivity contribution in [3.63, 3.8) is 0 Å². The Morgan fingerprint density at radius 3 is 2.64 bits per heavy atom. The molecule has 11 heavy (non-hydrogen) atoms. The molecule has 0 aromatic heterocycles. The Hall–Kier alpha value is -0.610. The van der Waals surface area contributed by atoms with Gasteiger partial charge in [-0.2, -0.15) is 5.06 Å². The van der Waals surface area contributed by atoms with Crippen LogP contribution in [0.25, 0.3) is 0 Å². The predicted molar refractivity (Wildman–Crippen MR) is 40.2 cm³/mol. The molecular weight excluding hydrogens is 144 g/mol. The Morgan fingerprint density at radius 1 is 1.64 bits per heavy atom. The molecule has 0 radical (unpaired) electrons. The van der Waals surface area contributed by atoms with Gasteiger partial charge < -0.3 is 10.1 Å². The van der Waals surface area contributed by atoms with Gasteiger partial charge in [0.2, 0.25) is 5.91 Å². The molecule has 0 bridgehead atoms. The SMILES string of the molecule is CN(C)C(=O)C1CCCN1O. The molecule has 1 unspecified atom stereocenters. The van der Waals surface area contributed by atoms with Crippen LogP contribution >= 0.6 is 0 Å². The van der Waals surface area contributed by atoms with Crippen LogP contribution in [0, 0.1) is 0 Å². The van der Waals surface area contributed by atoms with Gasteiger partial charge in [-0.25, -0.2) is 0 Å². The Bertz CT molecular complexity index is 159. The molecular formula is C7H14N2O2. The van der Waals surface area contributed by atoms with Crippen molar-refractivity contribution in [2.24, 2.45) is 0 Å². The first-order valence-electron chi connectivity index (χ1n) is 3.79. The maximum atomic E-state index is 11.3. The molecule has 4 heteroatoms. The third-order valence-electron chi connectivity index (χ3n) is 1.95. The first-order chi connectivity index (χ1) is 5.13. The quantitative estimate of drug-likeness (QED) is 0.581. The molecule has 1 amide bonds. The first-order valence-corrected chi connectivity index (χ1v) is 3.79. The molecule has 1 aliphatic heterocycles. The number of rotatable bonds is 1. The third kappa shape index (κ3) is 1.70. The number of hydroxylamine groups is 2. The van der Waals surface area contributed by atoms with E-state index in [9.17, 15) is 10.0 Å². The minimum Gasteiger partial charge on any atom is -0.347 e. The largest absolute Gasteiger partial charge is 0.347 e. The summed E-state index contributed by atoms with van der Waals surface area (Å²) in [6.45, 7) is 0.615. The first kappa shape index (κ1) is 8.49. The van der Waals surface area contributed by atoms with E-state index in [0.717, 1.165) is 17.9 Å². The monoisotopic (exact) mass is 158 g/mol. The Balaban J connectivity index is 2.53. The van der Waals surface area contributed by atoms with Crippen molar-refractivity contribution in [1.29, 1.82) is 0 Å². The van der Waals surface area contributed by atoms with Gasteiger partial charge in [0.15, 0.2) is 0 Å². The summed E-state index contributed by atoms with van der Waals surface area (Å²) in [5.41, 5.74) is 0. The fraction of sp³-hybridized carbons (Fsp3) is 0.857. The molecule has 1 heterocycles. The van der Waals surface area contributed by atoms with Gasteiger partial charge >= 0.3 is 0 Å². The second-order valence-corrected chi connectivity index (χ2v) is 3.05. The second kappa shape index (κ2) is 3.19. The van der Waals surface area contributed by atoms with Crippen molar-refractivity contribution in [3.05, 3.63) is 0 Å². The molecule has 0 aromatic rings. The van der Waals surface area contributed by atoms with Gasteiger partial charge in [-0.05, 0) is 12.8 Å². The number of hydrogen-bond acceptors (Lipinski definition) is 3. The van der Waals surface area contributed by atoms with Crippen molar-refractivity contribution in [2.75, 3.05) is 20.6 Å². The summed E-state index contributed by atoms with van der Waals surface area (Å²) in [6.07, 6.45) is 1.67. The Labute approximate surface area is 66.4 Å². The number of amides is 1. The fourth-order valence-electron chi connectivity index (χ4n) is 1.30. The standard InChI is InChI=1S/C7H14N2O2/c1-8(2)7(10)6-4-3-5-9(6)11/h6,11H,3-5H2,1-2H3. The summed E-state index contributed by atoms with van der Waals surface area (Å²) in [5.74, 6) is -0.00926. The van der Waals surface area contributed by atoms with Crippen LogP contribution in [0.2, 0.25) is 0 Å². The average molecular weight is 158 g/mol. The van der Waals surface area contributed by atoms with E-state index in [0.29, 0.717) is 6.54 Å². The minimum absolute atomic E-state index is 0.00926. The lowest BCUT2D eigenvalue weighted by Crippen LogP contribution is -2.40. The lowest BCUT2D eigenvalue weighted by atomic mass is 10.2.